The van der Waals surface area contributed by atoms with Crippen molar-refractivity contribution in [1.29, 1.82) is 5.26 Å². The number of rotatable bonds is 7. The number of hydrogen-bond donors (Lipinski definition) is 1. The van der Waals surface area contributed by atoms with Crippen molar-refractivity contribution in [2.75, 3.05) is 18.8 Å². The first-order chi connectivity index (χ1) is 8.60. The van der Waals surface area contributed by atoms with Gasteiger partial charge >= 0.3 is 0 Å². The molecule has 0 aromatic heterocycles. The highest BCUT2D eigenvalue weighted by Gasteiger charge is 2.13. The maximum absolute atomic E-state index is 12.0. The quantitative estimate of drug-likeness (QED) is 0.598. The van der Waals surface area contributed by atoms with Crippen LogP contribution in [0, 0.1) is 11.3 Å². The molecule has 0 saturated carbocycles. The Morgan fingerprint density at radius 3 is 2.83 bits per heavy atom. The zero-order valence-corrected chi connectivity index (χ0v) is 10.9. The summed E-state index contributed by atoms with van der Waals surface area (Å²) in [6, 6.07) is 8.01. The summed E-state index contributed by atoms with van der Waals surface area (Å²) in [5, 5.41) is 11.8. The van der Waals surface area contributed by atoms with E-state index in [1.807, 2.05) is 6.07 Å². The van der Waals surface area contributed by atoms with Crippen LogP contribution in [0.1, 0.15) is 12.0 Å². The van der Waals surface area contributed by atoms with Gasteiger partial charge in [0, 0.05) is 6.54 Å². The lowest BCUT2D eigenvalue weighted by molar-refractivity contribution is 0.591. The van der Waals surface area contributed by atoms with Gasteiger partial charge in [0.1, 0.15) is 0 Å². The maximum Gasteiger partial charge on any atom is 0.179 e. The van der Waals surface area contributed by atoms with Gasteiger partial charge in [0.2, 0.25) is 0 Å². The highest BCUT2D eigenvalue weighted by atomic mass is 32.2. The molecular formula is C13H16N2O2S. The average Bonchev–Trinajstić information content (AvgIpc) is 2.38. The van der Waals surface area contributed by atoms with Crippen LogP contribution in [0.5, 0.6) is 0 Å². The van der Waals surface area contributed by atoms with Gasteiger partial charge in [-0.1, -0.05) is 12.1 Å². The first kappa shape index (κ1) is 14.4. The topological polar surface area (TPSA) is 70.0 Å². The molecule has 0 saturated heterocycles. The monoisotopic (exact) mass is 264 g/mol. The van der Waals surface area contributed by atoms with E-state index in [2.05, 4.69) is 11.9 Å². The molecule has 0 aliphatic carbocycles. The predicted molar refractivity (Wildman–Crippen MR) is 70.9 cm³/mol. The van der Waals surface area contributed by atoms with Gasteiger partial charge < -0.3 is 5.32 Å². The Morgan fingerprint density at radius 2 is 2.17 bits per heavy atom. The molecule has 0 bridgehead atoms. The largest absolute Gasteiger partial charge is 0.315 e. The second-order valence-corrected chi connectivity index (χ2v) is 5.90. The number of hydrogen-bond acceptors (Lipinski definition) is 4. The number of sulfone groups is 1. The van der Waals surface area contributed by atoms with E-state index in [1.54, 1.807) is 18.2 Å². The summed E-state index contributed by atoms with van der Waals surface area (Å²) in [4.78, 5) is 0.201. The molecule has 0 radical (unpaired) electrons. The van der Waals surface area contributed by atoms with Gasteiger partial charge in [0.25, 0.3) is 0 Å². The summed E-state index contributed by atoms with van der Waals surface area (Å²) in [7, 11) is -3.32. The minimum absolute atomic E-state index is 0.0268. The zero-order valence-electron chi connectivity index (χ0n) is 10.1. The Hall–Kier alpha value is -1.64. The molecule has 1 aromatic carbocycles. The van der Waals surface area contributed by atoms with Crippen molar-refractivity contribution in [2.45, 2.75) is 11.3 Å². The number of nitrogens with zero attached hydrogens (tertiary/aromatic N) is 1. The molecule has 0 spiro atoms. The molecule has 0 aliphatic rings. The highest BCUT2D eigenvalue weighted by Crippen LogP contribution is 2.12. The van der Waals surface area contributed by atoms with Crippen LogP contribution in [0.2, 0.25) is 0 Å². The van der Waals surface area contributed by atoms with Crippen molar-refractivity contribution < 1.29 is 8.42 Å². The molecule has 5 heteroatoms. The van der Waals surface area contributed by atoms with Crippen molar-refractivity contribution >= 4 is 9.84 Å². The Bertz CT molecular complexity index is 544. The fourth-order valence-corrected chi connectivity index (χ4v) is 2.65. The van der Waals surface area contributed by atoms with Gasteiger partial charge in [-0.15, -0.1) is 6.58 Å². The van der Waals surface area contributed by atoms with Crippen LogP contribution in [-0.2, 0) is 9.84 Å². The second kappa shape index (κ2) is 6.94. The van der Waals surface area contributed by atoms with Crippen molar-refractivity contribution in [3.63, 3.8) is 0 Å². The lowest BCUT2D eigenvalue weighted by Crippen LogP contribution is -2.23. The molecule has 4 nitrogen and oxygen atoms in total. The Balaban J connectivity index is 2.63. The Morgan fingerprint density at radius 1 is 1.39 bits per heavy atom. The molecule has 0 amide bonds. The average molecular weight is 264 g/mol. The molecule has 1 aromatic rings. The van der Waals surface area contributed by atoms with Crippen LogP contribution in [0.3, 0.4) is 0 Å². The van der Waals surface area contributed by atoms with E-state index in [9.17, 15) is 8.42 Å². The zero-order chi connectivity index (χ0) is 13.4. The van der Waals surface area contributed by atoms with Crippen LogP contribution in [0.15, 0.2) is 41.8 Å². The molecule has 96 valence electrons. The standard InChI is InChI=1S/C13H16N2O2S/c1-2-3-7-15-8-9-18(16,17)13-6-4-5-12(10-13)11-14/h2,4-6,10,15H,1,3,7-9H2. The molecule has 1 N–H and O–H groups in total. The van der Waals surface area contributed by atoms with Crippen molar-refractivity contribution in [1.82, 2.24) is 5.32 Å². The Kier molecular flexibility index (Phi) is 5.56. The highest BCUT2D eigenvalue weighted by molar-refractivity contribution is 7.91. The van der Waals surface area contributed by atoms with Crippen LogP contribution in [0.4, 0.5) is 0 Å². The van der Waals surface area contributed by atoms with Gasteiger partial charge in [-0.3, -0.25) is 0 Å². The van der Waals surface area contributed by atoms with Crippen molar-refractivity contribution in [3.8, 4) is 6.07 Å². The molecule has 18 heavy (non-hydrogen) atoms. The van der Waals surface area contributed by atoms with E-state index >= 15 is 0 Å². The molecule has 0 unspecified atom stereocenters. The first-order valence-electron chi connectivity index (χ1n) is 5.64. The summed E-state index contributed by atoms with van der Waals surface area (Å²) in [5.74, 6) is 0.0268. The lowest BCUT2D eigenvalue weighted by atomic mass is 10.2. The summed E-state index contributed by atoms with van der Waals surface area (Å²) in [6.07, 6.45) is 2.59. The van der Waals surface area contributed by atoms with E-state index in [1.165, 1.54) is 12.1 Å². The SMILES string of the molecule is C=CCCNCCS(=O)(=O)c1cccc(C#N)c1. The maximum atomic E-state index is 12.0. The molecule has 0 aliphatic heterocycles. The second-order valence-electron chi connectivity index (χ2n) is 3.79. The number of benzene rings is 1. The van der Waals surface area contributed by atoms with E-state index in [0.29, 0.717) is 12.1 Å². The van der Waals surface area contributed by atoms with E-state index in [0.717, 1.165) is 13.0 Å². The van der Waals surface area contributed by atoms with E-state index in [-0.39, 0.29) is 10.6 Å². The van der Waals surface area contributed by atoms with Crippen molar-refractivity contribution in [3.05, 3.63) is 42.5 Å². The molecular weight excluding hydrogens is 248 g/mol. The summed E-state index contributed by atoms with van der Waals surface area (Å²) >= 11 is 0. The minimum atomic E-state index is -3.32. The first-order valence-corrected chi connectivity index (χ1v) is 7.30. The fraction of sp³-hybridized carbons (Fsp3) is 0.308. The summed E-state index contributed by atoms with van der Waals surface area (Å²) < 4.78 is 23.9. The van der Waals surface area contributed by atoms with Gasteiger partial charge in [-0.25, -0.2) is 8.42 Å². The third-order valence-corrected chi connectivity index (χ3v) is 4.11. The summed E-state index contributed by atoms with van der Waals surface area (Å²) in [6.45, 7) is 4.70. The molecule has 0 fully saturated rings. The van der Waals surface area contributed by atoms with E-state index < -0.39 is 9.84 Å². The van der Waals surface area contributed by atoms with Gasteiger partial charge in [0.05, 0.1) is 22.3 Å². The third-order valence-electron chi connectivity index (χ3n) is 2.40. The van der Waals surface area contributed by atoms with Crippen molar-refractivity contribution in [2.24, 2.45) is 0 Å². The van der Waals surface area contributed by atoms with Crippen LogP contribution < -0.4 is 5.32 Å². The normalized spacial score (nSPS) is 10.8. The molecule has 0 heterocycles. The van der Waals surface area contributed by atoms with Gasteiger partial charge in [0.15, 0.2) is 9.84 Å². The van der Waals surface area contributed by atoms with Crippen LogP contribution in [0.25, 0.3) is 0 Å². The predicted octanol–water partition coefficient (Wildman–Crippen LogP) is 1.50. The van der Waals surface area contributed by atoms with Gasteiger partial charge in [-0.05, 0) is 31.2 Å². The third kappa shape index (κ3) is 4.32. The fourth-order valence-electron chi connectivity index (χ4n) is 1.41. The Labute approximate surface area is 108 Å². The molecule has 0 atom stereocenters. The molecule has 1 rings (SSSR count). The van der Waals surface area contributed by atoms with Gasteiger partial charge in [-0.2, -0.15) is 5.26 Å². The number of nitrogens with one attached hydrogen (secondary N) is 1. The van der Waals surface area contributed by atoms with E-state index in [4.69, 9.17) is 5.26 Å². The van der Waals surface area contributed by atoms with Crippen LogP contribution in [-0.4, -0.2) is 27.3 Å². The number of nitriles is 1. The smallest absolute Gasteiger partial charge is 0.179 e. The van der Waals surface area contributed by atoms with Crippen LogP contribution >= 0.6 is 0 Å². The lowest BCUT2D eigenvalue weighted by Gasteiger charge is -2.05. The minimum Gasteiger partial charge on any atom is -0.315 e. The summed E-state index contributed by atoms with van der Waals surface area (Å²) in [5.41, 5.74) is 0.357.